The molecule has 1 aromatic carbocycles. The van der Waals surface area contributed by atoms with Gasteiger partial charge in [0.15, 0.2) is 6.61 Å². The number of ether oxygens (including phenoxy) is 1. The van der Waals surface area contributed by atoms with Gasteiger partial charge in [-0.25, -0.2) is 0 Å². The molecule has 0 bridgehead atoms. The molecule has 0 saturated carbocycles. The Bertz CT molecular complexity index is 596. The van der Waals surface area contributed by atoms with Gasteiger partial charge in [0.25, 0.3) is 6.47 Å². The molecule has 92 valence electrons. The van der Waals surface area contributed by atoms with Crippen molar-refractivity contribution in [3.63, 3.8) is 0 Å². The first-order valence-electron chi connectivity index (χ1n) is 5.40. The van der Waals surface area contributed by atoms with Crippen molar-refractivity contribution < 1.29 is 14.3 Å². The lowest BCUT2D eigenvalue weighted by molar-refractivity contribution is -0.127. The van der Waals surface area contributed by atoms with Crippen molar-refractivity contribution in [2.24, 2.45) is 0 Å². The molecular weight excluding hydrogens is 232 g/mol. The molecule has 0 atom stereocenters. The summed E-state index contributed by atoms with van der Waals surface area (Å²) < 4.78 is 4.44. The fourth-order valence-corrected chi connectivity index (χ4v) is 1.63. The molecule has 0 aliphatic carbocycles. The second-order valence-corrected chi connectivity index (χ2v) is 3.71. The van der Waals surface area contributed by atoms with E-state index in [2.05, 4.69) is 15.0 Å². The molecular formula is C13H12N2O3. The number of benzene rings is 1. The summed E-state index contributed by atoms with van der Waals surface area (Å²) in [6.07, 6.45) is 1.48. The third-order valence-electron chi connectivity index (χ3n) is 2.57. The smallest absolute Gasteiger partial charge is 0.293 e. The van der Waals surface area contributed by atoms with Crippen molar-refractivity contribution in [2.45, 2.75) is 0 Å². The van der Waals surface area contributed by atoms with Gasteiger partial charge in [-0.2, -0.15) is 0 Å². The molecule has 0 unspecified atom stereocenters. The zero-order chi connectivity index (χ0) is 13.0. The van der Waals surface area contributed by atoms with E-state index in [0.717, 1.165) is 16.6 Å². The van der Waals surface area contributed by atoms with Crippen LogP contribution in [0.15, 0.2) is 30.5 Å². The summed E-state index contributed by atoms with van der Waals surface area (Å²) in [5, 5.41) is 3.88. The summed E-state index contributed by atoms with van der Waals surface area (Å²) in [5.41, 5.74) is 2.18. The molecule has 2 aromatic rings. The maximum atomic E-state index is 11.7. The fourth-order valence-electron chi connectivity index (χ4n) is 1.63. The molecule has 5 heteroatoms. The van der Waals surface area contributed by atoms with Crippen LogP contribution in [0, 0.1) is 0 Å². The van der Waals surface area contributed by atoms with Gasteiger partial charge in [0.05, 0.1) is 5.52 Å². The Kier molecular flexibility index (Phi) is 3.52. The number of hydrogen-bond acceptors (Lipinski definition) is 5. The normalized spacial score (nSPS) is 10.1. The van der Waals surface area contributed by atoms with Crippen LogP contribution in [0.2, 0.25) is 0 Å². The molecule has 1 N–H and O–H groups in total. The van der Waals surface area contributed by atoms with Gasteiger partial charge in [-0.05, 0) is 24.3 Å². The molecule has 0 saturated heterocycles. The lowest BCUT2D eigenvalue weighted by Gasteiger charge is -2.04. The number of Topliss-reactive ketones (excluding diaryl/α,β-unsaturated/α-hetero) is 1. The number of pyridine rings is 1. The molecule has 0 fully saturated rings. The van der Waals surface area contributed by atoms with Gasteiger partial charge < -0.3 is 10.1 Å². The predicted molar refractivity (Wildman–Crippen MR) is 67.6 cm³/mol. The van der Waals surface area contributed by atoms with Crippen LogP contribution in [0.4, 0.5) is 5.69 Å². The second-order valence-electron chi connectivity index (χ2n) is 3.71. The van der Waals surface area contributed by atoms with Crippen LogP contribution in [-0.2, 0) is 9.53 Å². The van der Waals surface area contributed by atoms with Crippen molar-refractivity contribution in [3.8, 4) is 0 Å². The first-order valence-corrected chi connectivity index (χ1v) is 5.40. The molecule has 0 spiro atoms. The number of anilines is 1. The van der Waals surface area contributed by atoms with E-state index in [0.29, 0.717) is 5.56 Å². The third kappa shape index (κ3) is 2.45. The first kappa shape index (κ1) is 12.0. The number of carbonyl (C=O) groups excluding carboxylic acids is 2. The molecule has 0 aliphatic heterocycles. The summed E-state index contributed by atoms with van der Waals surface area (Å²) in [6, 6.07) is 7.42. The van der Waals surface area contributed by atoms with Crippen LogP contribution in [0.25, 0.3) is 10.9 Å². The van der Waals surface area contributed by atoms with E-state index in [-0.39, 0.29) is 18.9 Å². The highest BCUT2D eigenvalue weighted by molar-refractivity contribution is 6.00. The SMILES string of the molecule is CNc1ccc2ncc(C(=O)COC=O)cc2c1. The minimum Gasteiger partial charge on any atom is -0.459 e. The highest BCUT2D eigenvalue weighted by atomic mass is 16.5. The minimum atomic E-state index is -0.272. The first-order chi connectivity index (χ1) is 8.74. The van der Waals surface area contributed by atoms with Gasteiger partial charge in [-0.3, -0.25) is 14.6 Å². The van der Waals surface area contributed by atoms with E-state index >= 15 is 0 Å². The number of hydrogen-bond donors (Lipinski definition) is 1. The number of fused-ring (bicyclic) bond motifs is 1. The van der Waals surface area contributed by atoms with Gasteiger partial charge in [-0.1, -0.05) is 0 Å². The van der Waals surface area contributed by atoms with Crippen LogP contribution in [0.5, 0.6) is 0 Å². The van der Waals surface area contributed by atoms with Gasteiger partial charge in [0, 0.05) is 29.9 Å². The quantitative estimate of drug-likeness (QED) is 0.639. The maximum absolute atomic E-state index is 11.7. The Hall–Kier alpha value is -2.43. The Morgan fingerprint density at radius 3 is 3.00 bits per heavy atom. The summed E-state index contributed by atoms with van der Waals surface area (Å²) in [4.78, 5) is 25.9. The number of aromatic nitrogens is 1. The molecule has 18 heavy (non-hydrogen) atoms. The van der Waals surface area contributed by atoms with Gasteiger partial charge in [0.2, 0.25) is 5.78 Å². The van der Waals surface area contributed by atoms with E-state index in [1.165, 1.54) is 6.20 Å². The van der Waals surface area contributed by atoms with Crippen molar-refractivity contribution in [2.75, 3.05) is 19.0 Å². The molecule has 0 amide bonds. The molecule has 1 heterocycles. The van der Waals surface area contributed by atoms with Crippen molar-refractivity contribution in [1.29, 1.82) is 0 Å². The van der Waals surface area contributed by atoms with Gasteiger partial charge in [0.1, 0.15) is 0 Å². The second kappa shape index (κ2) is 5.27. The Balaban J connectivity index is 2.35. The summed E-state index contributed by atoms with van der Waals surface area (Å²) >= 11 is 0. The minimum absolute atomic E-state index is 0.255. The lowest BCUT2D eigenvalue weighted by Crippen LogP contribution is -2.08. The Morgan fingerprint density at radius 1 is 1.44 bits per heavy atom. The number of rotatable bonds is 5. The van der Waals surface area contributed by atoms with Crippen LogP contribution in [-0.4, -0.2) is 30.9 Å². The van der Waals surface area contributed by atoms with Crippen LogP contribution in [0.3, 0.4) is 0 Å². The fraction of sp³-hybridized carbons (Fsp3) is 0.154. The molecule has 0 radical (unpaired) electrons. The summed E-state index contributed by atoms with van der Waals surface area (Å²) in [7, 11) is 1.82. The lowest BCUT2D eigenvalue weighted by atomic mass is 10.1. The molecule has 1 aromatic heterocycles. The Morgan fingerprint density at radius 2 is 2.28 bits per heavy atom. The van der Waals surface area contributed by atoms with E-state index < -0.39 is 0 Å². The summed E-state index contributed by atoms with van der Waals surface area (Å²) in [5.74, 6) is -0.272. The Labute approximate surface area is 104 Å². The largest absolute Gasteiger partial charge is 0.459 e. The number of nitrogens with zero attached hydrogens (tertiary/aromatic N) is 1. The average Bonchev–Trinajstić information content (AvgIpc) is 2.43. The van der Waals surface area contributed by atoms with Crippen molar-refractivity contribution >= 4 is 28.8 Å². The monoisotopic (exact) mass is 244 g/mol. The van der Waals surface area contributed by atoms with Crippen molar-refractivity contribution in [3.05, 3.63) is 36.0 Å². The van der Waals surface area contributed by atoms with Gasteiger partial charge >= 0.3 is 0 Å². The number of ketones is 1. The zero-order valence-corrected chi connectivity index (χ0v) is 9.84. The van der Waals surface area contributed by atoms with E-state index in [4.69, 9.17) is 0 Å². The standard InChI is InChI=1S/C13H12N2O3/c1-14-11-2-3-12-9(5-11)4-10(6-15-12)13(17)7-18-8-16/h2-6,8,14H,7H2,1H3. The van der Waals surface area contributed by atoms with E-state index in [1.54, 1.807) is 6.07 Å². The van der Waals surface area contributed by atoms with E-state index in [1.807, 2.05) is 25.2 Å². The highest BCUT2D eigenvalue weighted by Gasteiger charge is 2.08. The highest BCUT2D eigenvalue weighted by Crippen LogP contribution is 2.18. The van der Waals surface area contributed by atoms with Crippen LogP contribution >= 0.6 is 0 Å². The number of nitrogens with one attached hydrogen (secondary N) is 1. The van der Waals surface area contributed by atoms with Crippen LogP contribution in [0.1, 0.15) is 10.4 Å². The summed E-state index contributed by atoms with van der Waals surface area (Å²) in [6.45, 7) is -0.00606. The molecule has 5 nitrogen and oxygen atoms in total. The molecule has 2 rings (SSSR count). The zero-order valence-electron chi connectivity index (χ0n) is 9.84. The van der Waals surface area contributed by atoms with Crippen molar-refractivity contribution in [1.82, 2.24) is 4.98 Å². The maximum Gasteiger partial charge on any atom is 0.293 e. The average molecular weight is 244 g/mol. The molecule has 0 aliphatic rings. The van der Waals surface area contributed by atoms with E-state index in [9.17, 15) is 9.59 Å². The third-order valence-corrected chi connectivity index (χ3v) is 2.57. The number of carbonyl (C=O) groups is 2. The van der Waals surface area contributed by atoms with Crippen LogP contribution < -0.4 is 5.32 Å². The van der Waals surface area contributed by atoms with Gasteiger partial charge in [-0.15, -0.1) is 0 Å². The topological polar surface area (TPSA) is 68.3 Å². The predicted octanol–water partition coefficient (Wildman–Crippen LogP) is 1.63.